The van der Waals surface area contributed by atoms with E-state index in [0.29, 0.717) is 16.5 Å². The molecule has 19 heavy (non-hydrogen) atoms. The Labute approximate surface area is 115 Å². The summed E-state index contributed by atoms with van der Waals surface area (Å²) in [5, 5.41) is 12.8. The van der Waals surface area contributed by atoms with Gasteiger partial charge in [-0.3, -0.25) is 4.79 Å². The molecule has 0 aliphatic heterocycles. The van der Waals surface area contributed by atoms with E-state index in [2.05, 4.69) is 5.32 Å². The van der Waals surface area contributed by atoms with Crippen LogP contribution in [0.3, 0.4) is 0 Å². The van der Waals surface area contributed by atoms with E-state index in [9.17, 15) is 14.7 Å². The van der Waals surface area contributed by atoms with E-state index in [4.69, 9.17) is 0 Å². The lowest BCUT2D eigenvalue weighted by Crippen LogP contribution is -2.16. The van der Waals surface area contributed by atoms with Gasteiger partial charge in [0, 0.05) is 10.8 Å². The van der Waals surface area contributed by atoms with Crippen LogP contribution >= 0.6 is 11.3 Å². The molecular weight excluding hydrogens is 262 g/mol. The smallest absolute Gasteiger partial charge is 0.339 e. The second kappa shape index (κ2) is 4.63. The first-order valence-corrected chi connectivity index (χ1v) is 7.58. The van der Waals surface area contributed by atoms with E-state index in [1.165, 1.54) is 11.3 Å². The second-order valence-corrected chi connectivity index (χ2v) is 6.63. The van der Waals surface area contributed by atoms with Crippen molar-refractivity contribution in [2.75, 3.05) is 5.32 Å². The minimum Gasteiger partial charge on any atom is -0.478 e. The molecule has 2 atom stereocenters. The molecule has 5 heteroatoms. The molecular formula is C14H17NO3S. The minimum atomic E-state index is -0.918. The van der Waals surface area contributed by atoms with Crippen molar-refractivity contribution in [2.24, 2.45) is 11.8 Å². The summed E-state index contributed by atoms with van der Waals surface area (Å²) in [6, 6.07) is 0. The normalized spacial score (nSPS) is 24.7. The number of aromatic carboxylic acids is 1. The number of hydrogen-bond donors (Lipinski definition) is 2. The summed E-state index contributed by atoms with van der Waals surface area (Å²) in [7, 11) is 0. The number of carbonyl (C=O) groups is 2. The summed E-state index contributed by atoms with van der Waals surface area (Å²) in [6.07, 6.45) is 4.83. The molecule has 4 nitrogen and oxygen atoms in total. The fourth-order valence-electron chi connectivity index (χ4n) is 2.77. The summed E-state index contributed by atoms with van der Waals surface area (Å²) in [5.74, 6) is -0.434. The Balaban J connectivity index is 1.89. The summed E-state index contributed by atoms with van der Waals surface area (Å²) in [6.45, 7) is 2.04. The number of aryl methyl sites for hydroxylation is 1. The van der Waals surface area contributed by atoms with E-state index in [1.54, 1.807) is 0 Å². The van der Waals surface area contributed by atoms with Crippen LogP contribution in [0.4, 0.5) is 5.00 Å². The van der Waals surface area contributed by atoms with Crippen LogP contribution in [0.2, 0.25) is 0 Å². The average Bonchev–Trinajstić information content (AvgIpc) is 2.98. The third kappa shape index (κ3) is 2.27. The van der Waals surface area contributed by atoms with Crippen molar-refractivity contribution in [3.63, 3.8) is 0 Å². The molecule has 0 bridgehead atoms. The van der Waals surface area contributed by atoms with Crippen molar-refractivity contribution in [1.82, 2.24) is 0 Å². The first-order chi connectivity index (χ1) is 9.08. The average molecular weight is 279 g/mol. The van der Waals surface area contributed by atoms with Crippen molar-refractivity contribution < 1.29 is 14.7 Å². The van der Waals surface area contributed by atoms with Crippen molar-refractivity contribution >= 4 is 28.2 Å². The molecule has 0 saturated heterocycles. The van der Waals surface area contributed by atoms with Gasteiger partial charge in [0.15, 0.2) is 0 Å². The van der Waals surface area contributed by atoms with Crippen molar-refractivity contribution in [3.05, 3.63) is 16.0 Å². The highest BCUT2D eigenvalue weighted by Gasteiger charge is 2.40. The standard InChI is InChI=1S/C14H17NO3S/c1-7-6-9(7)12(16)15-13-11(14(17)18)8-4-2-3-5-10(8)19-13/h7,9H,2-6H2,1H3,(H,15,16)(H,17,18). The molecule has 1 amide bonds. The topological polar surface area (TPSA) is 66.4 Å². The molecule has 1 aromatic heterocycles. The van der Waals surface area contributed by atoms with Crippen LogP contribution in [0.1, 0.15) is 47.0 Å². The number of carboxylic acid groups (broad SMARTS) is 1. The van der Waals surface area contributed by atoms with Crippen LogP contribution in [-0.4, -0.2) is 17.0 Å². The Hall–Kier alpha value is -1.36. The maximum absolute atomic E-state index is 12.0. The molecule has 1 saturated carbocycles. The lowest BCUT2D eigenvalue weighted by Gasteiger charge is -2.10. The molecule has 102 valence electrons. The number of carboxylic acids is 1. The van der Waals surface area contributed by atoms with E-state index in [1.807, 2.05) is 6.92 Å². The largest absolute Gasteiger partial charge is 0.478 e. The minimum absolute atomic E-state index is 0.0198. The number of amides is 1. The van der Waals surface area contributed by atoms with Gasteiger partial charge in [-0.15, -0.1) is 11.3 Å². The number of nitrogens with one attached hydrogen (secondary N) is 1. The zero-order valence-electron chi connectivity index (χ0n) is 10.9. The predicted octanol–water partition coefficient (Wildman–Crippen LogP) is 2.92. The maximum atomic E-state index is 12.0. The molecule has 2 unspecified atom stereocenters. The van der Waals surface area contributed by atoms with Crippen LogP contribution < -0.4 is 5.32 Å². The number of anilines is 1. The third-order valence-electron chi connectivity index (χ3n) is 4.07. The van der Waals surface area contributed by atoms with Gasteiger partial charge in [0.1, 0.15) is 5.00 Å². The molecule has 2 aliphatic rings. The number of rotatable bonds is 3. The monoisotopic (exact) mass is 279 g/mol. The second-order valence-electron chi connectivity index (χ2n) is 5.53. The van der Waals surface area contributed by atoms with E-state index < -0.39 is 5.97 Å². The van der Waals surface area contributed by atoms with Gasteiger partial charge in [0.05, 0.1) is 5.56 Å². The highest BCUT2D eigenvalue weighted by atomic mass is 32.1. The first kappa shape index (κ1) is 12.7. The van der Waals surface area contributed by atoms with Gasteiger partial charge in [0.2, 0.25) is 5.91 Å². The Bertz CT molecular complexity index is 549. The number of carbonyl (C=O) groups excluding carboxylic acids is 1. The van der Waals surface area contributed by atoms with Crippen LogP contribution in [0, 0.1) is 11.8 Å². The van der Waals surface area contributed by atoms with E-state index >= 15 is 0 Å². The lowest BCUT2D eigenvalue weighted by molar-refractivity contribution is -0.117. The van der Waals surface area contributed by atoms with Gasteiger partial charge in [0.25, 0.3) is 0 Å². The molecule has 1 aromatic rings. The van der Waals surface area contributed by atoms with Gasteiger partial charge in [-0.05, 0) is 43.6 Å². The fourth-order valence-corrected chi connectivity index (χ4v) is 4.06. The molecule has 2 aliphatic carbocycles. The summed E-state index contributed by atoms with van der Waals surface area (Å²) >= 11 is 1.45. The van der Waals surface area contributed by atoms with E-state index in [-0.39, 0.29) is 11.8 Å². The molecule has 0 radical (unpaired) electrons. The van der Waals surface area contributed by atoms with Gasteiger partial charge >= 0.3 is 5.97 Å². The number of hydrogen-bond acceptors (Lipinski definition) is 3. The van der Waals surface area contributed by atoms with Gasteiger partial charge in [-0.25, -0.2) is 4.79 Å². The van der Waals surface area contributed by atoms with Gasteiger partial charge in [-0.2, -0.15) is 0 Å². The highest BCUT2D eigenvalue weighted by molar-refractivity contribution is 7.17. The van der Waals surface area contributed by atoms with Crippen molar-refractivity contribution in [1.29, 1.82) is 0 Å². The number of fused-ring (bicyclic) bond motifs is 1. The highest BCUT2D eigenvalue weighted by Crippen LogP contribution is 2.41. The Morgan fingerprint density at radius 3 is 2.63 bits per heavy atom. The zero-order valence-corrected chi connectivity index (χ0v) is 11.7. The fraction of sp³-hybridized carbons (Fsp3) is 0.571. The molecule has 1 heterocycles. The van der Waals surface area contributed by atoms with Crippen LogP contribution in [0.5, 0.6) is 0 Å². The van der Waals surface area contributed by atoms with Crippen molar-refractivity contribution in [2.45, 2.75) is 39.0 Å². The molecule has 1 fully saturated rings. The molecule has 0 aromatic carbocycles. The summed E-state index contributed by atoms with van der Waals surface area (Å²) in [4.78, 5) is 24.6. The zero-order chi connectivity index (χ0) is 13.6. The van der Waals surface area contributed by atoms with Crippen LogP contribution in [0.15, 0.2) is 0 Å². The quantitative estimate of drug-likeness (QED) is 0.894. The summed E-state index contributed by atoms with van der Waals surface area (Å²) in [5.41, 5.74) is 1.28. The lowest BCUT2D eigenvalue weighted by atomic mass is 9.95. The Kier molecular flexibility index (Phi) is 3.09. The summed E-state index contributed by atoms with van der Waals surface area (Å²) < 4.78 is 0. The van der Waals surface area contributed by atoms with Crippen LogP contribution in [-0.2, 0) is 17.6 Å². The Morgan fingerprint density at radius 1 is 1.32 bits per heavy atom. The van der Waals surface area contributed by atoms with Gasteiger partial charge in [-0.1, -0.05) is 6.92 Å². The predicted molar refractivity (Wildman–Crippen MR) is 73.8 cm³/mol. The first-order valence-electron chi connectivity index (χ1n) is 6.76. The van der Waals surface area contributed by atoms with E-state index in [0.717, 1.165) is 42.5 Å². The molecule has 2 N–H and O–H groups in total. The van der Waals surface area contributed by atoms with Crippen LogP contribution in [0.25, 0.3) is 0 Å². The van der Waals surface area contributed by atoms with Gasteiger partial charge < -0.3 is 10.4 Å². The molecule has 3 rings (SSSR count). The number of thiophene rings is 1. The Morgan fingerprint density at radius 2 is 2.00 bits per heavy atom. The SMILES string of the molecule is CC1CC1C(=O)Nc1sc2c(c1C(=O)O)CCCC2. The third-order valence-corrected chi connectivity index (χ3v) is 5.28. The molecule has 0 spiro atoms. The van der Waals surface area contributed by atoms with Crippen molar-refractivity contribution in [3.8, 4) is 0 Å². The maximum Gasteiger partial charge on any atom is 0.339 e.